The lowest BCUT2D eigenvalue weighted by atomic mass is 10.1. The van der Waals surface area contributed by atoms with Gasteiger partial charge in [0.05, 0.1) is 10.4 Å². The second-order valence-corrected chi connectivity index (χ2v) is 7.54. The average molecular weight is 341 g/mol. The summed E-state index contributed by atoms with van der Waals surface area (Å²) in [5.41, 5.74) is 4.72. The highest BCUT2D eigenvalue weighted by Crippen LogP contribution is 2.28. The van der Waals surface area contributed by atoms with Crippen LogP contribution in [0.3, 0.4) is 0 Å². The van der Waals surface area contributed by atoms with Crippen LogP contribution in [-0.2, 0) is 20.1 Å². The van der Waals surface area contributed by atoms with Gasteiger partial charge in [-0.25, -0.2) is 9.67 Å². The van der Waals surface area contributed by atoms with Crippen molar-refractivity contribution in [2.45, 2.75) is 32.9 Å². The maximum atomic E-state index is 4.65. The number of likely N-dealkylation sites (tertiary alicyclic amines) is 1. The molecule has 0 unspecified atom stereocenters. The molecule has 4 rings (SSSR count). The smallest absolute Gasteiger partial charge is 0.185 e. The van der Waals surface area contributed by atoms with E-state index in [0.717, 1.165) is 29.6 Å². The first-order chi connectivity index (χ1) is 11.7. The monoisotopic (exact) mass is 341 g/mol. The second kappa shape index (κ2) is 6.53. The van der Waals surface area contributed by atoms with Gasteiger partial charge >= 0.3 is 0 Å². The number of hydrogen-bond donors (Lipinski definition) is 1. The van der Waals surface area contributed by atoms with Crippen molar-refractivity contribution in [2.24, 2.45) is 7.05 Å². The summed E-state index contributed by atoms with van der Waals surface area (Å²) in [5, 5.41) is 8.83. The van der Waals surface area contributed by atoms with Gasteiger partial charge in [-0.2, -0.15) is 5.10 Å². The van der Waals surface area contributed by atoms with Gasteiger partial charge in [0.1, 0.15) is 0 Å². The summed E-state index contributed by atoms with van der Waals surface area (Å²) in [7, 11) is 1.95. The van der Waals surface area contributed by atoms with E-state index in [9.17, 15) is 0 Å². The third kappa shape index (κ3) is 3.16. The second-order valence-electron chi connectivity index (χ2n) is 6.54. The van der Waals surface area contributed by atoms with Crippen molar-refractivity contribution in [3.05, 3.63) is 41.1 Å². The lowest BCUT2D eigenvalue weighted by Gasteiger charge is -2.15. The molecule has 0 bridgehead atoms. The Morgan fingerprint density at radius 3 is 2.79 bits per heavy atom. The molecule has 2 aromatic heterocycles. The molecule has 0 amide bonds. The van der Waals surface area contributed by atoms with Crippen molar-refractivity contribution in [3.63, 3.8) is 0 Å². The number of aryl methyl sites for hydroxylation is 2. The minimum Gasteiger partial charge on any atom is -0.357 e. The molecule has 24 heavy (non-hydrogen) atoms. The average Bonchev–Trinajstić information content (AvgIpc) is 3.27. The van der Waals surface area contributed by atoms with Crippen LogP contribution in [-0.4, -0.2) is 32.8 Å². The van der Waals surface area contributed by atoms with Crippen LogP contribution < -0.4 is 5.32 Å². The summed E-state index contributed by atoms with van der Waals surface area (Å²) in [6.07, 6.45) is 2.68. The quantitative estimate of drug-likeness (QED) is 0.771. The number of fused-ring (bicyclic) bond motifs is 1. The third-order valence-corrected chi connectivity index (χ3v) is 5.70. The van der Waals surface area contributed by atoms with E-state index in [1.807, 2.05) is 18.7 Å². The summed E-state index contributed by atoms with van der Waals surface area (Å²) in [6, 6.07) is 8.88. The third-order valence-electron chi connectivity index (χ3n) is 4.58. The lowest BCUT2D eigenvalue weighted by Crippen LogP contribution is -2.18. The Balaban J connectivity index is 1.43. The zero-order chi connectivity index (χ0) is 16.5. The fraction of sp³-hybridized carbons (Fsp3) is 0.444. The van der Waals surface area contributed by atoms with E-state index in [4.69, 9.17) is 0 Å². The van der Waals surface area contributed by atoms with Gasteiger partial charge < -0.3 is 5.32 Å². The Bertz CT molecular complexity index is 810. The van der Waals surface area contributed by atoms with Crippen molar-refractivity contribution in [1.29, 1.82) is 0 Å². The Kier molecular flexibility index (Phi) is 4.24. The molecule has 1 aliphatic rings. The van der Waals surface area contributed by atoms with Crippen molar-refractivity contribution in [1.82, 2.24) is 19.7 Å². The first-order valence-electron chi connectivity index (χ1n) is 8.53. The van der Waals surface area contributed by atoms with Gasteiger partial charge in [0, 0.05) is 20.1 Å². The van der Waals surface area contributed by atoms with Crippen LogP contribution in [0.15, 0.2) is 24.3 Å². The molecule has 0 atom stereocenters. The van der Waals surface area contributed by atoms with Crippen LogP contribution in [0.4, 0.5) is 5.13 Å². The maximum Gasteiger partial charge on any atom is 0.185 e. The highest BCUT2D eigenvalue weighted by molar-refractivity contribution is 7.22. The highest BCUT2D eigenvalue weighted by Gasteiger charge is 2.13. The van der Waals surface area contributed by atoms with Gasteiger partial charge in [-0.15, -0.1) is 0 Å². The molecule has 126 valence electrons. The molecule has 3 aromatic rings. The fourth-order valence-electron chi connectivity index (χ4n) is 3.38. The Hall–Kier alpha value is -1.92. The van der Waals surface area contributed by atoms with E-state index in [-0.39, 0.29) is 0 Å². The molecule has 5 nitrogen and oxygen atoms in total. The standard InChI is InChI=1S/C18H23N5S/c1-13-16-17(22(2)21-13)20-18(24-16)19-11-14-6-5-7-15(10-14)12-23-8-3-4-9-23/h5-7,10H,3-4,8-9,11-12H2,1-2H3,(H,19,20). The van der Waals surface area contributed by atoms with Crippen molar-refractivity contribution in [3.8, 4) is 0 Å². The Morgan fingerprint density at radius 2 is 2.00 bits per heavy atom. The van der Waals surface area contributed by atoms with Crippen LogP contribution >= 0.6 is 11.3 Å². The predicted octanol–water partition coefficient (Wildman–Crippen LogP) is 3.55. The van der Waals surface area contributed by atoms with Crippen LogP contribution in [0.1, 0.15) is 29.7 Å². The molecular formula is C18H23N5S. The number of nitrogens with one attached hydrogen (secondary N) is 1. The molecular weight excluding hydrogens is 318 g/mol. The van der Waals surface area contributed by atoms with Crippen molar-refractivity contribution in [2.75, 3.05) is 18.4 Å². The SMILES string of the molecule is Cc1nn(C)c2nc(NCc3cccc(CN4CCCC4)c3)sc12. The highest BCUT2D eigenvalue weighted by atomic mass is 32.1. The van der Waals surface area contributed by atoms with Crippen LogP contribution in [0.5, 0.6) is 0 Å². The molecule has 0 spiro atoms. The van der Waals surface area contributed by atoms with Gasteiger partial charge in [-0.3, -0.25) is 4.90 Å². The van der Waals surface area contributed by atoms with Gasteiger partial charge in [-0.1, -0.05) is 35.6 Å². The normalized spacial score (nSPS) is 15.4. The molecule has 1 saturated heterocycles. The number of benzene rings is 1. The van der Waals surface area contributed by atoms with Gasteiger partial charge in [0.15, 0.2) is 10.8 Å². The van der Waals surface area contributed by atoms with E-state index in [1.54, 1.807) is 11.3 Å². The summed E-state index contributed by atoms with van der Waals surface area (Å²) in [4.78, 5) is 7.19. The molecule has 1 aromatic carbocycles. The first kappa shape index (κ1) is 15.6. The number of rotatable bonds is 5. The molecule has 0 saturated carbocycles. The summed E-state index contributed by atoms with van der Waals surface area (Å²) in [6.45, 7) is 6.38. The number of nitrogens with zero attached hydrogens (tertiary/aromatic N) is 4. The van der Waals surface area contributed by atoms with E-state index >= 15 is 0 Å². The maximum absolute atomic E-state index is 4.65. The largest absolute Gasteiger partial charge is 0.357 e. The zero-order valence-corrected chi connectivity index (χ0v) is 15.1. The minimum atomic E-state index is 0.806. The zero-order valence-electron chi connectivity index (χ0n) is 14.2. The van der Waals surface area contributed by atoms with Crippen LogP contribution in [0.2, 0.25) is 0 Å². The van der Waals surface area contributed by atoms with Crippen LogP contribution in [0, 0.1) is 6.92 Å². The molecule has 1 fully saturated rings. The molecule has 3 heterocycles. The van der Waals surface area contributed by atoms with E-state index in [2.05, 4.69) is 44.6 Å². The van der Waals surface area contributed by atoms with E-state index in [1.165, 1.54) is 41.8 Å². The molecule has 1 aliphatic heterocycles. The number of hydrogen-bond acceptors (Lipinski definition) is 5. The molecule has 0 radical (unpaired) electrons. The predicted molar refractivity (Wildman–Crippen MR) is 99.4 cm³/mol. The Morgan fingerprint density at radius 1 is 1.21 bits per heavy atom. The van der Waals surface area contributed by atoms with Gasteiger partial charge in [0.2, 0.25) is 0 Å². The molecule has 1 N–H and O–H groups in total. The number of thiazole rings is 1. The summed E-state index contributed by atoms with van der Waals surface area (Å²) < 4.78 is 3.02. The summed E-state index contributed by atoms with van der Waals surface area (Å²) in [5.74, 6) is 0. The van der Waals surface area contributed by atoms with Gasteiger partial charge in [-0.05, 0) is 44.0 Å². The van der Waals surface area contributed by atoms with Crippen LogP contribution in [0.25, 0.3) is 10.3 Å². The topological polar surface area (TPSA) is 46.0 Å². The van der Waals surface area contributed by atoms with Crippen molar-refractivity contribution < 1.29 is 0 Å². The molecule has 0 aliphatic carbocycles. The fourth-order valence-corrected chi connectivity index (χ4v) is 4.30. The lowest BCUT2D eigenvalue weighted by molar-refractivity contribution is 0.331. The summed E-state index contributed by atoms with van der Waals surface area (Å²) >= 11 is 1.68. The number of aromatic nitrogens is 3. The minimum absolute atomic E-state index is 0.806. The van der Waals surface area contributed by atoms with E-state index in [0.29, 0.717) is 0 Å². The van der Waals surface area contributed by atoms with Crippen molar-refractivity contribution >= 4 is 26.8 Å². The van der Waals surface area contributed by atoms with Gasteiger partial charge in [0.25, 0.3) is 0 Å². The first-order valence-corrected chi connectivity index (χ1v) is 9.35. The molecule has 6 heteroatoms. The van der Waals surface area contributed by atoms with E-state index < -0.39 is 0 Å². The number of anilines is 1. The Labute approximate surface area is 146 Å².